The average Bonchev–Trinajstić information content (AvgIpc) is 2.18. The van der Waals surface area contributed by atoms with E-state index in [1.165, 1.54) is 0 Å². The van der Waals surface area contributed by atoms with E-state index in [1.54, 1.807) is 31.2 Å². The van der Waals surface area contributed by atoms with Crippen LogP contribution in [0.1, 0.15) is 22.8 Å². The predicted octanol–water partition coefficient (Wildman–Crippen LogP) is -3.67. The largest absolute Gasteiger partial charge is 1.00 e. The highest BCUT2D eigenvalue weighted by Gasteiger charge is 2.07. The Morgan fingerprint density at radius 1 is 1.33 bits per heavy atom. The summed E-state index contributed by atoms with van der Waals surface area (Å²) in [6, 6.07) is 6.63. The Labute approximate surface area is 94.3 Å². The minimum Gasteiger partial charge on any atom is -1.00 e. The maximum atomic E-state index is 11.2. The van der Waals surface area contributed by atoms with Crippen LogP contribution in [0.2, 0.25) is 0 Å². The first-order chi connectivity index (χ1) is 6.65. The molecule has 0 fully saturated rings. The first kappa shape index (κ1) is 13.4. The zero-order valence-corrected chi connectivity index (χ0v) is 9.12. The number of halogens is 1. The molecule has 5 heteroatoms. The zero-order chi connectivity index (χ0) is 10.6. The number of nitrogens with two attached hydrogens (primary N) is 2. The molecule has 4 N–H and O–H groups in total. The molecule has 1 rings (SSSR count). The van der Waals surface area contributed by atoms with E-state index >= 15 is 0 Å². The number of hydrogen-bond donors (Lipinski definition) is 2. The van der Waals surface area contributed by atoms with Crippen molar-refractivity contribution in [3.63, 3.8) is 0 Å². The summed E-state index contributed by atoms with van der Waals surface area (Å²) >= 11 is 0. The monoisotopic (exact) mass is 228 g/mol. The maximum absolute atomic E-state index is 11.2. The lowest BCUT2D eigenvalue weighted by atomic mass is 10.1. The number of benzene rings is 1. The highest BCUT2D eigenvalue weighted by Crippen LogP contribution is 2.04. The van der Waals surface area contributed by atoms with E-state index in [4.69, 9.17) is 15.9 Å². The van der Waals surface area contributed by atoms with Crippen molar-refractivity contribution in [1.29, 1.82) is 0 Å². The van der Waals surface area contributed by atoms with Gasteiger partial charge in [-0.25, -0.2) is 4.79 Å². The second kappa shape index (κ2) is 6.03. The van der Waals surface area contributed by atoms with E-state index in [1.807, 2.05) is 0 Å². The fourth-order valence-electron chi connectivity index (χ4n) is 1.01. The second-order valence-corrected chi connectivity index (χ2v) is 2.75. The molecule has 0 radical (unpaired) electrons. The summed E-state index contributed by atoms with van der Waals surface area (Å²) in [6.45, 7) is 2.13. The van der Waals surface area contributed by atoms with Crippen LogP contribution in [0.25, 0.3) is 0 Å². The van der Waals surface area contributed by atoms with Crippen molar-refractivity contribution in [3.05, 3.63) is 35.4 Å². The van der Waals surface area contributed by atoms with Crippen molar-refractivity contribution < 1.29 is 27.3 Å². The standard InChI is InChI=1S/C10H12N2O2.ClH/c1-2-14-10(13)8-5-3-7(4-6-8)9(11)12;/h3-6H,2H2,1H3,(H3,11,12);1H. The molecular weight excluding hydrogens is 216 g/mol. The fraction of sp³-hybridized carbons (Fsp3) is 0.200. The van der Waals surface area contributed by atoms with Gasteiger partial charge in [0.2, 0.25) is 0 Å². The average molecular weight is 229 g/mol. The van der Waals surface area contributed by atoms with Crippen LogP contribution in [-0.4, -0.2) is 18.4 Å². The van der Waals surface area contributed by atoms with E-state index in [0.29, 0.717) is 17.7 Å². The number of amidine groups is 1. The topological polar surface area (TPSA) is 77.9 Å². The Morgan fingerprint density at radius 2 is 1.80 bits per heavy atom. The van der Waals surface area contributed by atoms with E-state index in [2.05, 4.69) is 0 Å². The number of hydrogen-bond acceptors (Lipinski definition) is 2. The third kappa shape index (κ3) is 3.59. The van der Waals surface area contributed by atoms with Gasteiger partial charge in [-0.2, -0.15) is 0 Å². The molecule has 1 aromatic rings. The van der Waals surface area contributed by atoms with E-state index in [9.17, 15) is 4.79 Å². The van der Waals surface area contributed by atoms with Gasteiger partial charge in [0.15, 0.2) is 0 Å². The summed E-state index contributed by atoms with van der Waals surface area (Å²) in [4.78, 5) is 11.2. The van der Waals surface area contributed by atoms with Crippen LogP contribution in [0.3, 0.4) is 0 Å². The fourth-order valence-corrected chi connectivity index (χ4v) is 1.01. The lowest BCUT2D eigenvalue weighted by Gasteiger charge is -2.01. The van der Waals surface area contributed by atoms with Crippen LogP contribution >= 0.6 is 0 Å². The number of carbonyl (C=O) groups excluding carboxylic acids is 1. The SMILES string of the molecule is CCOC(=O)c1ccc(C(N)=[NH2+])cc1.[Cl-]. The molecule has 0 aromatic heterocycles. The smallest absolute Gasteiger partial charge is 0.338 e. The van der Waals surface area contributed by atoms with Crippen LogP contribution in [0.4, 0.5) is 0 Å². The first-order valence-electron chi connectivity index (χ1n) is 4.30. The third-order valence-corrected chi connectivity index (χ3v) is 1.73. The van der Waals surface area contributed by atoms with Gasteiger partial charge in [-0.05, 0) is 31.2 Å². The maximum Gasteiger partial charge on any atom is 0.338 e. The molecule has 0 aliphatic carbocycles. The third-order valence-electron chi connectivity index (χ3n) is 1.73. The van der Waals surface area contributed by atoms with Crippen LogP contribution < -0.4 is 23.5 Å². The molecule has 0 saturated heterocycles. The molecule has 0 aliphatic rings. The Hall–Kier alpha value is -1.55. The summed E-state index contributed by atoms with van der Waals surface area (Å²) in [6.07, 6.45) is 0. The van der Waals surface area contributed by atoms with Gasteiger partial charge in [-0.1, -0.05) is 0 Å². The molecule has 82 valence electrons. The summed E-state index contributed by atoms with van der Waals surface area (Å²) in [5.74, 6) is -0.102. The predicted molar refractivity (Wildman–Crippen MR) is 52.6 cm³/mol. The van der Waals surface area contributed by atoms with Crippen molar-refractivity contribution >= 4 is 11.8 Å². The van der Waals surface area contributed by atoms with Gasteiger partial charge in [0, 0.05) is 0 Å². The van der Waals surface area contributed by atoms with Gasteiger partial charge in [0.05, 0.1) is 17.7 Å². The highest BCUT2D eigenvalue weighted by atomic mass is 35.5. The molecule has 0 heterocycles. The highest BCUT2D eigenvalue weighted by molar-refractivity contribution is 5.95. The van der Waals surface area contributed by atoms with Crippen LogP contribution in [0.5, 0.6) is 0 Å². The summed E-state index contributed by atoms with van der Waals surface area (Å²) in [7, 11) is 0. The molecule has 0 unspecified atom stereocenters. The first-order valence-corrected chi connectivity index (χ1v) is 4.30. The molecule has 0 atom stereocenters. The van der Waals surface area contributed by atoms with Gasteiger partial charge in [-0.3, -0.25) is 11.1 Å². The molecule has 15 heavy (non-hydrogen) atoms. The molecule has 0 aliphatic heterocycles. The van der Waals surface area contributed by atoms with Gasteiger partial charge < -0.3 is 17.1 Å². The lowest BCUT2D eigenvalue weighted by molar-refractivity contribution is -0.114. The quantitative estimate of drug-likeness (QED) is 0.318. The molecule has 0 bridgehead atoms. The Balaban J connectivity index is 0.00000196. The van der Waals surface area contributed by atoms with E-state index < -0.39 is 0 Å². The minimum atomic E-state index is -0.338. The molecular formula is C10H13ClN2O2. The van der Waals surface area contributed by atoms with Crippen LogP contribution in [0.15, 0.2) is 24.3 Å². The molecule has 0 spiro atoms. The van der Waals surface area contributed by atoms with Crippen molar-refractivity contribution in [2.45, 2.75) is 6.92 Å². The summed E-state index contributed by atoms with van der Waals surface area (Å²) in [5.41, 5.74) is 6.58. The van der Waals surface area contributed by atoms with E-state index in [-0.39, 0.29) is 24.2 Å². The van der Waals surface area contributed by atoms with Crippen molar-refractivity contribution in [1.82, 2.24) is 0 Å². The normalized spacial score (nSPS) is 8.87. The molecule has 0 saturated carbocycles. The second-order valence-electron chi connectivity index (χ2n) is 2.75. The Kier molecular flexibility index (Phi) is 5.41. The Morgan fingerprint density at radius 3 is 2.20 bits per heavy atom. The van der Waals surface area contributed by atoms with Gasteiger partial charge in [0.1, 0.15) is 0 Å². The van der Waals surface area contributed by atoms with Crippen molar-refractivity contribution in [3.8, 4) is 0 Å². The number of esters is 1. The lowest BCUT2D eigenvalue weighted by Crippen LogP contribution is -3.00. The summed E-state index contributed by atoms with van der Waals surface area (Å²) < 4.78 is 4.82. The zero-order valence-electron chi connectivity index (χ0n) is 8.37. The van der Waals surface area contributed by atoms with Crippen LogP contribution in [0, 0.1) is 0 Å². The van der Waals surface area contributed by atoms with Gasteiger partial charge >= 0.3 is 5.97 Å². The number of ether oxygens (including phenoxy) is 1. The number of rotatable bonds is 3. The Bertz CT molecular complexity index is 349. The summed E-state index contributed by atoms with van der Waals surface area (Å²) in [5, 5.41) is 5.38. The van der Waals surface area contributed by atoms with Crippen molar-refractivity contribution in [2.75, 3.05) is 6.61 Å². The molecule has 1 aromatic carbocycles. The minimum absolute atomic E-state index is 0. The van der Waals surface area contributed by atoms with Crippen LogP contribution in [-0.2, 0) is 4.74 Å². The van der Waals surface area contributed by atoms with Gasteiger partial charge in [-0.15, -0.1) is 0 Å². The molecule has 0 amide bonds. The van der Waals surface area contributed by atoms with E-state index in [0.717, 1.165) is 0 Å². The molecule has 4 nitrogen and oxygen atoms in total. The van der Waals surface area contributed by atoms with Gasteiger partial charge in [0.25, 0.3) is 5.84 Å². The van der Waals surface area contributed by atoms with Crippen molar-refractivity contribution in [2.24, 2.45) is 5.73 Å². The number of carbonyl (C=O) groups is 1.